The Morgan fingerprint density at radius 2 is 1.93 bits per heavy atom. The minimum atomic E-state index is 1.26. The van der Waals surface area contributed by atoms with Gasteiger partial charge < -0.3 is 0 Å². The van der Waals surface area contributed by atoms with Gasteiger partial charge in [-0.3, -0.25) is 0 Å². The maximum Gasteiger partial charge on any atom is 0.0345 e. The average molecular weight is 218 g/mol. The summed E-state index contributed by atoms with van der Waals surface area (Å²) >= 11 is 1.96. The number of hydrogen-bond donors (Lipinski definition) is 0. The van der Waals surface area contributed by atoms with Gasteiger partial charge in [0.25, 0.3) is 0 Å². The van der Waals surface area contributed by atoms with E-state index >= 15 is 0 Å². The van der Waals surface area contributed by atoms with E-state index in [9.17, 15) is 0 Å². The Hall–Kier alpha value is -0.820. The summed E-state index contributed by atoms with van der Waals surface area (Å²) in [5, 5.41) is 1.41. The van der Waals surface area contributed by atoms with Gasteiger partial charge in [-0.15, -0.1) is 11.3 Å². The lowest BCUT2D eigenvalue weighted by Crippen LogP contribution is -1.80. The molecule has 0 fully saturated rings. The van der Waals surface area contributed by atoms with Crippen molar-refractivity contribution < 1.29 is 0 Å². The molecule has 0 saturated carbocycles. The van der Waals surface area contributed by atoms with Crippen LogP contribution in [0.15, 0.2) is 30.3 Å². The maximum absolute atomic E-state index is 2.35. The van der Waals surface area contributed by atoms with Crippen molar-refractivity contribution in [3.8, 4) is 0 Å². The van der Waals surface area contributed by atoms with E-state index in [0.717, 1.165) is 0 Å². The first-order valence-corrected chi connectivity index (χ1v) is 6.69. The minimum Gasteiger partial charge on any atom is -0.140 e. The van der Waals surface area contributed by atoms with Crippen molar-refractivity contribution in [1.82, 2.24) is 0 Å². The van der Waals surface area contributed by atoms with Crippen molar-refractivity contribution in [2.75, 3.05) is 0 Å². The average Bonchev–Trinajstić information content (AvgIpc) is 2.67. The van der Waals surface area contributed by atoms with Crippen molar-refractivity contribution in [1.29, 1.82) is 0 Å². The smallest absolute Gasteiger partial charge is 0.0345 e. The Bertz CT molecular complexity index is 381. The zero-order valence-corrected chi connectivity index (χ0v) is 10.1. The molecule has 0 aliphatic rings. The molecule has 0 nitrogen and oxygen atoms in total. The summed E-state index contributed by atoms with van der Waals surface area (Å²) in [5.74, 6) is 0. The number of aryl methyl sites for hydroxylation is 1. The second-order valence-corrected chi connectivity index (χ2v) is 5.23. The van der Waals surface area contributed by atoms with E-state index in [0.29, 0.717) is 0 Å². The van der Waals surface area contributed by atoms with E-state index in [2.05, 4.69) is 37.3 Å². The molecule has 1 heteroatoms. The molecule has 1 aromatic carbocycles. The summed E-state index contributed by atoms with van der Waals surface area (Å²) in [4.78, 5) is 1.55. The van der Waals surface area contributed by atoms with Gasteiger partial charge >= 0.3 is 0 Å². The lowest BCUT2D eigenvalue weighted by Gasteiger charge is -1.96. The molecule has 0 aliphatic heterocycles. The quantitative estimate of drug-likeness (QED) is 0.618. The summed E-state index contributed by atoms with van der Waals surface area (Å²) in [6.07, 6.45) is 6.70. The molecule has 15 heavy (non-hydrogen) atoms. The second-order valence-electron chi connectivity index (χ2n) is 4.06. The van der Waals surface area contributed by atoms with Gasteiger partial charge in [-0.2, -0.15) is 0 Å². The van der Waals surface area contributed by atoms with Gasteiger partial charge in [-0.25, -0.2) is 0 Å². The van der Waals surface area contributed by atoms with E-state index in [1.54, 1.807) is 4.88 Å². The van der Waals surface area contributed by atoms with Gasteiger partial charge in [0.2, 0.25) is 0 Å². The normalized spacial score (nSPS) is 11.0. The highest BCUT2D eigenvalue weighted by atomic mass is 32.1. The molecule has 80 valence electrons. The summed E-state index contributed by atoms with van der Waals surface area (Å²) < 4.78 is 1.43. The van der Waals surface area contributed by atoms with Crippen LogP contribution >= 0.6 is 11.3 Å². The zero-order chi connectivity index (χ0) is 10.5. The molecule has 2 rings (SSSR count). The van der Waals surface area contributed by atoms with Crippen LogP contribution in [0.25, 0.3) is 10.1 Å². The van der Waals surface area contributed by atoms with Crippen LogP contribution in [-0.2, 0) is 6.42 Å². The Kier molecular flexibility index (Phi) is 3.79. The van der Waals surface area contributed by atoms with Crippen LogP contribution in [0.4, 0.5) is 0 Å². The Balaban J connectivity index is 1.97. The molecule has 0 saturated heterocycles. The fourth-order valence-corrected chi connectivity index (χ4v) is 2.99. The third kappa shape index (κ3) is 2.82. The Morgan fingerprint density at radius 1 is 1.07 bits per heavy atom. The Labute approximate surface area is 95.9 Å². The van der Waals surface area contributed by atoms with Crippen LogP contribution < -0.4 is 0 Å². The molecule has 0 unspecified atom stereocenters. The first-order valence-electron chi connectivity index (χ1n) is 5.87. The van der Waals surface area contributed by atoms with Gasteiger partial charge in [-0.1, -0.05) is 44.4 Å². The highest BCUT2D eigenvalue weighted by Gasteiger charge is 2.00. The molecule has 1 heterocycles. The SMILES string of the molecule is CCCCCCc1cc2ccccc2s1. The lowest BCUT2D eigenvalue weighted by molar-refractivity contribution is 0.670. The van der Waals surface area contributed by atoms with Crippen LogP contribution in [0.5, 0.6) is 0 Å². The van der Waals surface area contributed by atoms with Gasteiger partial charge in [0.15, 0.2) is 0 Å². The monoisotopic (exact) mass is 218 g/mol. The summed E-state index contributed by atoms with van der Waals surface area (Å²) in [6.45, 7) is 2.26. The number of benzene rings is 1. The number of hydrogen-bond acceptors (Lipinski definition) is 1. The molecule has 1 aromatic heterocycles. The van der Waals surface area contributed by atoms with E-state index in [-0.39, 0.29) is 0 Å². The van der Waals surface area contributed by atoms with Crippen LogP contribution in [-0.4, -0.2) is 0 Å². The number of rotatable bonds is 5. The zero-order valence-electron chi connectivity index (χ0n) is 9.33. The molecule has 0 radical (unpaired) electrons. The first kappa shape index (κ1) is 10.7. The van der Waals surface area contributed by atoms with Crippen molar-refractivity contribution >= 4 is 21.4 Å². The van der Waals surface area contributed by atoms with Gasteiger partial charge in [0, 0.05) is 9.58 Å². The molecular formula is C14H18S. The van der Waals surface area contributed by atoms with Crippen LogP contribution in [0.1, 0.15) is 37.5 Å². The maximum atomic E-state index is 2.35. The summed E-state index contributed by atoms with van der Waals surface area (Å²) in [5.41, 5.74) is 0. The third-order valence-electron chi connectivity index (χ3n) is 2.75. The van der Waals surface area contributed by atoms with Gasteiger partial charge in [0.1, 0.15) is 0 Å². The summed E-state index contributed by atoms with van der Waals surface area (Å²) in [6, 6.07) is 11.0. The van der Waals surface area contributed by atoms with Crippen LogP contribution in [0, 0.1) is 0 Å². The van der Waals surface area contributed by atoms with Crippen molar-refractivity contribution in [3.63, 3.8) is 0 Å². The predicted molar refractivity (Wildman–Crippen MR) is 69.7 cm³/mol. The molecule has 2 aromatic rings. The lowest BCUT2D eigenvalue weighted by atomic mass is 10.1. The van der Waals surface area contributed by atoms with E-state index in [4.69, 9.17) is 0 Å². The highest BCUT2D eigenvalue weighted by molar-refractivity contribution is 7.19. The highest BCUT2D eigenvalue weighted by Crippen LogP contribution is 2.26. The largest absolute Gasteiger partial charge is 0.140 e. The topological polar surface area (TPSA) is 0 Å². The van der Waals surface area contributed by atoms with Crippen LogP contribution in [0.2, 0.25) is 0 Å². The molecule has 0 N–H and O–H groups in total. The predicted octanol–water partition coefficient (Wildman–Crippen LogP) is 5.02. The van der Waals surface area contributed by atoms with Crippen molar-refractivity contribution in [2.24, 2.45) is 0 Å². The first-order chi connectivity index (χ1) is 7.40. The minimum absolute atomic E-state index is 1.26. The molecule has 0 atom stereocenters. The second kappa shape index (κ2) is 5.32. The third-order valence-corrected chi connectivity index (χ3v) is 3.93. The molecule has 0 aliphatic carbocycles. The van der Waals surface area contributed by atoms with Crippen molar-refractivity contribution in [3.05, 3.63) is 35.2 Å². The van der Waals surface area contributed by atoms with Crippen LogP contribution in [0.3, 0.4) is 0 Å². The van der Waals surface area contributed by atoms with E-state index in [1.165, 1.54) is 42.2 Å². The van der Waals surface area contributed by atoms with Gasteiger partial charge in [-0.05, 0) is 30.4 Å². The number of fused-ring (bicyclic) bond motifs is 1. The number of thiophene rings is 1. The number of unbranched alkanes of at least 4 members (excludes halogenated alkanes) is 3. The van der Waals surface area contributed by atoms with Gasteiger partial charge in [0.05, 0.1) is 0 Å². The van der Waals surface area contributed by atoms with Crippen molar-refractivity contribution in [2.45, 2.75) is 39.0 Å². The molecule has 0 bridgehead atoms. The standard InChI is InChI=1S/C14H18S/c1-2-3-4-5-9-13-11-12-8-6-7-10-14(12)15-13/h6-8,10-11H,2-5,9H2,1H3. The molecule has 0 amide bonds. The van der Waals surface area contributed by atoms with E-state index in [1.807, 2.05) is 11.3 Å². The molecule has 0 spiro atoms. The fourth-order valence-electron chi connectivity index (χ4n) is 1.89. The summed E-state index contributed by atoms with van der Waals surface area (Å²) in [7, 11) is 0. The Morgan fingerprint density at radius 3 is 2.73 bits per heavy atom. The molecular weight excluding hydrogens is 200 g/mol. The fraction of sp³-hybridized carbons (Fsp3) is 0.429. The van der Waals surface area contributed by atoms with E-state index < -0.39 is 0 Å².